The largest absolute Gasteiger partial charge is 0.444 e. The minimum absolute atomic E-state index is 0.113. The molecular weight excluding hydrogens is 428 g/mol. The number of carbonyl (C=O) groups is 4. The lowest BCUT2D eigenvalue weighted by Crippen LogP contribution is -2.55. The maximum absolute atomic E-state index is 13.0. The van der Waals surface area contributed by atoms with Gasteiger partial charge < -0.3 is 31.1 Å². The summed E-state index contributed by atoms with van der Waals surface area (Å²) in [5, 5.41) is 19.7. The highest BCUT2D eigenvalue weighted by molar-refractivity contribution is 5.98. The number of benzene rings is 1. The second-order valence-electron chi connectivity index (χ2n) is 8.99. The first-order valence-electron chi connectivity index (χ1n) is 10.9. The van der Waals surface area contributed by atoms with Crippen molar-refractivity contribution in [3.8, 4) is 0 Å². The molecule has 0 aliphatic heterocycles. The van der Waals surface area contributed by atoms with E-state index in [1.165, 1.54) is 0 Å². The van der Waals surface area contributed by atoms with Gasteiger partial charge in [0.1, 0.15) is 17.7 Å². The summed E-state index contributed by atoms with van der Waals surface area (Å²) in [6.45, 7) is 8.93. The summed E-state index contributed by atoms with van der Waals surface area (Å²) in [6.07, 6.45) is 0.559. The summed E-state index contributed by atoms with van der Waals surface area (Å²) in [6, 6.07) is 4.85. The van der Waals surface area contributed by atoms with Crippen LogP contribution in [0.4, 0.5) is 10.5 Å². The monoisotopic (exact) mass is 464 g/mol. The summed E-state index contributed by atoms with van der Waals surface area (Å²) < 4.78 is 5.24. The molecule has 0 saturated carbocycles. The second kappa shape index (κ2) is 13.4. The van der Waals surface area contributed by atoms with Gasteiger partial charge in [0.25, 0.3) is 0 Å². The fourth-order valence-corrected chi connectivity index (χ4v) is 2.89. The van der Waals surface area contributed by atoms with Gasteiger partial charge in [0.15, 0.2) is 0 Å². The predicted octanol–water partition coefficient (Wildman–Crippen LogP) is 1.68. The number of hydrogen-bond donors (Lipinski definition) is 5. The molecule has 10 heteroatoms. The average molecular weight is 465 g/mol. The molecule has 2 atom stereocenters. The molecule has 0 aliphatic rings. The van der Waals surface area contributed by atoms with Crippen LogP contribution in [-0.4, -0.2) is 53.7 Å². The van der Waals surface area contributed by atoms with Crippen LogP contribution in [0.1, 0.15) is 53.0 Å². The van der Waals surface area contributed by atoms with Crippen molar-refractivity contribution in [1.82, 2.24) is 16.0 Å². The van der Waals surface area contributed by atoms with E-state index in [0.29, 0.717) is 30.6 Å². The molecule has 184 valence electrons. The van der Waals surface area contributed by atoms with Crippen LogP contribution in [-0.2, 0) is 25.7 Å². The number of amides is 4. The zero-order chi connectivity index (χ0) is 25.0. The first-order valence-corrected chi connectivity index (χ1v) is 10.9. The van der Waals surface area contributed by atoms with E-state index in [-0.39, 0.29) is 18.9 Å². The Labute approximate surface area is 194 Å². The number of rotatable bonds is 12. The van der Waals surface area contributed by atoms with Gasteiger partial charge in [0, 0.05) is 12.2 Å². The van der Waals surface area contributed by atoms with Gasteiger partial charge in [-0.25, -0.2) is 4.79 Å². The van der Waals surface area contributed by atoms with E-state index in [1.54, 1.807) is 58.9 Å². The molecule has 0 radical (unpaired) electrons. The number of hydrogen-bond acceptors (Lipinski definition) is 6. The first kappa shape index (κ1) is 27.9. The predicted molar refractivity (Wildman–Crippen MR) is 124 cm³/mol. The van der Waals surface area contributed by atoms with Crippen molar-refractivity contribution >= 4 is 30.0 Å². The van der Waals surface area contributed by atoms with E-state index in [2.05, 4.69) is 21.3 Å². The van der Waals surface area contributed by atoms with Crippen molar-refractivity contribution in [2.45, 2.75) is 71.8 Å². The molecule has 0 heterocycles. The van der Waals surface area contributed by atoms with Crippen LogP contribution in [0.5, 0.6) is 0 Å². The maximum Gasteiger partial charge on any atom is 0.408 e. The fraction of sp³-hybridized carbons (Fsp3) is 0.565. The molecule has 1 rings (SSSR count). The van der Waals surface area contributed by atoms with Crippen molar-refractivity contribution in [2.75, 3.05) is 11.9 Å². The highest BCUT2D eigenvalue weighted by atomic mass is 16.6. The zero-order valence-corrected chi connectivity index (χ0v) is 19.9. The molecule has 33 heavy (non-hydrogen) atoms. The van der Waals surface area contributed by atoms with Gasteiger partial charge >= 0.3 is 6.09 Å². The van der Waals surface area contributed by atoms with Crippen LogP contribution < -0.4 is 21.3 Å². The van der Waals surface area contributed by atoms with Crippen LogP contribution >= 0.6 is 0 Å². The van der Waals surface area contributed by atoms with Crippen LogP contribution in [0, 0.1) is 5.92 Å². The number of alkyl carbamates (subject to hydrolysis) is 1. The zero-order valence-electron chi connectivity index (χ0n) is 19.9. The van der Waals surface area contributed by atoms with Crippen LogP contribution in [0.25, 0.3) is 0 Å². The summed E-state index contributed by atoms with van der Waals surface area (Å²) >= 11 is 0. The van der Waals surface area contributed by atoms with Crippen LogP contribution in [0.2, 0.25) is 0 Å². The van der Waals surface area contributed by atoms with E-state index in [4.69, 9.17) is 9.84 Å². The van der Waals surface area contributed by atoms with Crippen molar-refractivity contribution in [2.24, 2.45) is 5.92 Å². The lowest BCUT2D eigenvalue weighted by Gasteiger charge is -2.27. The molecule has 1 aromatic rings. The van der Waals surface area contributed by atoms with Gasteiger partial charge in [0.05, 0.1) is 6.61 Å². The molecule has 1 aromatic carbocycles. The summed E-state index contributed by atoms with van der Waals surface area (Å²) in [4.78, 5) is 48.5. The molecule has 0 unspecified atom stereocenters. The highest BCUT2D eigenvalue weighted by Gasteiger charge is 2.30. The summed E-state index contributed by atoms with van der Waals surface area (Å²) in [5.41, 5.74) is 0.488. The van der Waals surface area contributed by atoms with E-state index in [1.807, 2.05) is 0 Å². The lowest BCUT2D eigenvalue weighted by atomic mass is 10.0. The van der Waals surface area contributed by atoms with Crippen molar-refractivity contribution in [3.63, 3.8) is 0 Å². The number of anilines is 1. The fourth-order valence-electron chi connectivity index (χ4n) is 2.89. The molecule has 4 amide bonds. The Kier molecular flexibility index (Phi) is 11.3. The third-order valence-corrected chi connectivity index (χ3v) is 4.56. The van der Waals surface area contributed by atoms with Gasteiger partial charge in [-0.15, -0.1) is 0 Å². The number of aliphatic hydroxyl groups is 1. The van der Waals surface area contributed by atoms with E-state index in [0.717, 1.165) is 0 Å². The first-order chi connectivity index (χ1) is 15.5. The Hall–Kier alpha value is -3.14. The van der Waals surface area contributed by atoms with E-state index < -0.39 is 35.6 Å². The smallest absolute Gasteiger partial charge is 0.408 e. The van der Waals surface area contributed by atoms with E-state index in [9.17, 15) is 19.2 Å². The van der Waals surface area contributed by atoms with Gasteiger partial charge in [0.2, 0.25) is 18.2 Å². The Morgan fingerprint density at radius 3 is 2.21 bits per heavy atom. The Balaban J connectivity index is 2.91. The Morgan fingerprint density at radius 1 is 1.06 bits per heavy atom. The SMILES string of the molecule is CC(C)[C@H](NC(=O)OC(C)(C)C)C(=O)N[C@@H](CCCNC=O)C(=O)Nc1ccc(CO)cc1. The average Bonchev–Trinajstić information content (AvgIpc) is 2.73. The second-order valence-corrected chi connectivity index (χ2v) is 8.99. The minimum Gasteiger partial charge on any atom is -0.444 e. The van der Waals surface area contributed by atoms with Gasteiger partial charge in [-0.3, -0.25) is 14.4 Å². The number of carbonyl (C=O) groups excluding carboxylic acids is 4. The Bertz CT molecular complexity index is 789. The third-order valence-electron chi connectivity index (χ3n) is 4.56. The van der Waals surface area contributed by atoms with Crippen molar-refractivity contribution < 1.29 is 29.0 Å². The van der Waals surface area contributed by atoms with Crippen LogP contribution in [0.15, 0.2) is 24.3 Å². The standard InChI is InChI=1S/C23H36N4O6/c1-15(2)19(27-22(32)33-23(3,4)5)21(31)26-18(7-6-12-24-14-29)20(30)25-17-10-8-16(13-28)9-11-17/h8-11,14-15,18-19,28H,6-7,12-13H2,1-5H3,(H,24,29)(H,25,30)(H,26,31)(H,27,32)/t18-,19-/m0/s1. The number of ether oxygens (including phenoxy) is 1. The normalized spacial score (nSPS) is 12.9. The van der Waals surface area contributed by atoms with Crippen molar-refractivity contribution in [1.29, 1.82) is 0 Å². The third kappa shape index (κ3) is 10.8. The summed E-state index contributed by atoms with van der Waals surface area (Å²) in [7, 11) is 0. The van der Waals surface area contributed by atoms with Gasteiger partial charge in [-0.2, -0.15) is 0 Å². The van der Waals surface area contributed by atoms with Crippen LogP contribution in [0.3, 0.4) is 0 Å². The lowest BCUT2D eigenvalue weighted by molar-refractivity contribution is -0.128. The van der Waals surface area contributed by atoms with Crippen molar-refractivity contribution in [3.05, 3.63) is 29.8 Å². The number of nitrogens with one attached hydrogen (secondary N) is 4. The van der Waals surface area contributed by atoms with Gasteiger partial charge in [-0.05, 0) is 57.2 Å². The quantitative estimate of drug-likeness (QED) is 0.235. The molecule has 0 fully saturated rings. The molecule has 0 bridgehead atoms. The molecule has 0 aliphatic carbocycles. The molecule has 0 aromatic heterocycles. The molecule has 5 N–H and O–H groups in total. The highest BCUT2D eigenvalue weighted by Crippen LogP contribution is 2.12. The molecule has 0 spiro atoms. The molecule has 10 nitrogen and oxygen atoms in total. The topological polar surface area (TPSA) is 146 Å². The Morgan fingerprint density at radius 2 is 1.70 bits per heavy atom. The minimum atomic E-state index is -0.910. The molecular formula is C23H36N4O6. The molecule has 0 saturated heterocycles. The summed E-state index contributed by atoms with van der Waals surface area (Å²) in [5.74, 6) is -1.22. The number of aliphatic hydroxyl groups excluding tert-OH is 1. The maximum atomic E-state index is 13.0. The van der Waals surface area contributed by atoms with Gasteiger partial charge in [-0.1, -0.05) is 26.0 Å². The van der Waals surface area contributed by atoms with E-state index >= 15 is 0 Å².